The molecular formula is C21H17NO. The first-order valence-corrected chi connectivity index (χ1v) is 7.51. The minimum Gasteiger partial charge on any atom is -0.361 e. The van der Waals surface area contributed by atoms with Crippen molar-refractivity contribution in [3.63, 3.8) is 0 Å². The topological polar surface area (TPSA) is 29.1 Å². The number of hydrogen-bond donors (Lipinski definition) is 1. The Morgan fingerprint density at radius 2 is 1.13 bits per heavy atom. The Labute approximate surface area is 136 Å². The van der Waals surface area contributed by atoms with E-state index in [1.54, 1.807) is 6.20 Å². The molecule has 0 radical (unpaired) electrons. The lowest BCUT2D eigenvalue weighted by Gasteiger charge is -2.09. The van der Waals surface area contributed by atoms with Gasteiger partial charge in [0.05, 0.1) is 0 Å². The highest BCUT2D eigenvalue weighted by atomic mass is 16.1. The van der Waals surface area contributed by atoms with Crippen LogP contribution in [0, 0.1) is 0 Å². The summed E-state index contributed by atoms with van der Waals surface area (Å²) >= 11 is 0. The quantitative estimate of drug-likeness (QED) is 0.529. The number of hydrogen-bond acceptors (Lipinski definition) is 2. The van der Waals surface area contributed by atoms with Crippen molar-refractivity contribution in [2.45, 2.75) is 0 Å². The Kier molecular flexibility index (Phi) is 4.65. The van der Waals surface area contributed by atoms with Gasteiger partial charge < -0.3 is 5.32 Å². The molecule has 0 fully saturated rings. The highest BCUT2D eigenvalue weighted by Gasteiger charge is 2.13. The molecule has 0 bridgehead atoms. The Balaban J connectivity index is 1.96. The van der Waals surface area contributed by atoms with Crippen molar-refractivity contribution in [2.75, 3.05) is 5.32 Å². The predicted octanol–water partition coefficient (Wildman–Crippen LogP) is 5.02. The minimum atomic E-state index is 0.000214. The number of carbonyl (C=O) groups is 1. The molecule has 0 heterocycles. The highest BCUT2D eigenvalue weighted by molar-refractivity contribution is 6.29. The molecule has 1 N–H and O–H groups in total. The maximum Gasteiger partial charge on any atom is 0.195 e. The van der Waals surface area contributed by atoms with Gasteiger partial charge in [-0.3, -0.25) is 4.79 Å². The number of carbonyl (C=O) groups excluding carboxylic acids is 1. The first kappa shape index (κ1) is 14.8. The average molecular weight is 299 g/mol. The molecule has 3 aromatic rings. The SMILES string of the molecule is O=C(/C(=C\Nc1ccccc1)c1ccccc1)c1ccccc1. The van der Waals surface area contributed by atoms with Gasteiger partial charge in [-0.1, -0.05) is 78.9 Å². The number of para-hydroxylation sites is 1. The van der Waals surface area contributed by atoms with Gasteiger partial charge in [-0.15, -0.1) is 0 Å². The molecule has 0 amide bonds. The van der Waals surface area contributed by atoms with E-state index in [0.717, 1.165) is 11.3 Å². The van der Waals surface area contributed by atoms with Crippen LogP contribution in [0.2, 0.25) is 0 Å². The Morgan fingerprint density at radius 1 is 0.652 bits per heavy atom. The third-order valence-electron chi connectivity index (χ3n) is 3.52. The lowest BCUT2D eigenvalue weighted by atomic mass is 9.97. The van der Waals surface area contributed by atoms with Crippen LogP contribution in [-0.2, 0) is 0 Å². The Hall–Kier alpha value is -3.13. The summed E-state index contributed by atoms with van der Waals surface area (Å²) in [6.45, 7) is 0. The average Bonchev–Trinajstić information content (AvgIpc) is 2.64. The van der Waals surface area contributed by atoms with Crippen molar-refractivity contribution in [1.29, 1.82) is 0 Å². The molecule has 2 nitrogen and oxygen atoms in total. The molecule has 0 saturated carbocycles. The maximum atomic E-state index is 12.9. The van der Waals surface area contributed by atoms with E-state index < -0.39 is 0 Å². The largest absolute Gasteiger partial charge is 0.361 e. The van der Waals surface area contributed by atoms with Gasteiger partial charge in [0.1, 0.15) is 0 Å². The van der Waals surface area contributed by atoms with E-state index in [-0.39, 0.29) is 5.78 Å². The fraction of sp³-hybridized carbons (Fsp3) is 0. The van der Waals surface area contributed by atoms with Gasteiger partial charge in [0.25, 0.3) is 0 Å². The van der Waals surface area contributed by atoms with Crippen molar-refractivity contribution in [2.24, 2.45) is 0 Å². The van der Waals surface area contributed by atoms with Gasteiger partial charge in [-0.05, 0) is 17.7 Å². The Bertz CT molecular complexity index is 793. The van der Waals surface area contributed by atoms with Gasteiger partial charge >= 0.3 is 0 Å². The third-order valence-corrected chi connectivity index (χ3v) is 3.52. The van der Waals surface area contributed by atoms with Crippen LogP contribution in [0.1, 0.15) is 15.9 Å². The van der Waals surface area contributed by atoms with E-state index in [4.69, 9.17) is 0 Å². The molecule has 0 aromatic heterocycles. The lowest BCUT2D eigenvalue weighted by molar-refractivity contribution is 0.105. The molecule has 0 atom stereocenters. The molecule has 23 heavy (non-hydrogen) atoms. The van der Waals surface area contributed by atoms with E-state index in [9.17, 15) is 4.79 Å². The van der Waals surface area contributed by atoms with Crippen molar-refractivity contribution in [3.8, 4) is 0 Å². The first-order chi connectivity index (χ1) is 11.3. The zero-order valence-corrected chi connectivity index (χ0v) is 12.6. The van der Waals surface area contributed by atoms with E-state index in [1.807, 2.05) is 91.0 Å². The highest BCUT2D eigenvalue weighted by Crippen LogP contribution is 2.20. The molecule has 0 aliphatic rings. The van der Waals surface area contributed by atoms with Crippen molar-refractivity contribution in [1.82, 2.24) is 0 Å². The third kappa shape index (κ3) is 3.74. The van der Waals surface area contributed by atoms with E-state index in [1.165, 1.54) is 0 Å². The van der Waals surface area contributed by atoms with Crippen molar-refractivity contribution < 1.29 is 4.79 Å². The maximum absolute atomic E-state index is 12.9. The summed E-state index contributed by atoms with van der Waals surface area (Å²) in [4.78, 5) is 12.9. The molecule has 3 aromatic carbocycles. The first-order valence-electron chi connectivity index (χ1n) is 7.51. The van der Waals surface area contributed by atoms with Crippen molar-refractivity contribution in [3.05, 3.63) is 108 Å². The summed E-state index contributed by atoms with van der Waals surface area (Å²) in [6.07, 6.45) is 1.78. The number of anilines is 1. The molecule has 0 aliphatic carbocycles. The van der Waals surface area contributed by atoms with E-state index >= 15 is 0 Å². The minimum absolute atomic E-state index is 0.000214. The number of nitrogens with one attached hydrogen (secondary N) is 1. The molecule has 3 rings (SSSR count). The molecule has 0 unspecified atom stereocenters. The summed E-state index contributed by atoms with van der Waals surface area (Å²) in [5.41, 5.74) is 3.16. The number of allylic oxidation sites excluding steroid dienone is 1. The lowest BCUT2D eigenvalue weighted by Crippen LogP contribution is -2.05. The molecule has 0 aliphatic heterocycles. The second-order valence-corrected chi connectivity index (χ2v) is 5.13. The van der Waals surface area contributed by atoms with Crippen LogP contribution in [0.4, 0.5) is 5.69 Å². The van der Waals surface area contributed by atoms with Crippen LogP contribution in [0.5, 0.6) is 0 Å². The van der Waals surface area contributed by atoms with Crippen LogP contribution < -0.4 is 5.32 Å². The standard InChI is InChI=1S/C21H17NO/c23-21(18-12-6-2-7-13-18)20(17-10-4-1-5-11-17)16-22-19-14-8-3-9-15-19/h1-16,22H/b20-16-. The second-order valence-electron chi connectivity index (χ2n) is 5.13. The van der Waals surface area contributed by atoms with Gasteiger partial charge in [-0.25, -0.2) is 0 Å². The fourth-order valence-corrected chi connectivity index (χ4v) is 2.33. The number of ketones is 1. The van der Waals surface area contributed by atoms with Crippen LogP contribution in [0.3, 0.4) is 0 Å². The number of benzene rings is 3. The predicted molar refractivity (Wildman–Crippen MR) is 95.3 cm³/mol. The zero-order valence-electron chi connectivity index (χ0n) is 12.6. The number of rotatable bonds is 5. The van der Waals surface area contributed by atoms with E-state index in [0.29, 0.717) is 11.1 Å². The monoisotopic (exact) mass is 299 g/mol. The normalized spacial score (nSPS) is 11.0. The summed E-state index contributed by atoms with van der Waals surface area (Å²) < 4.78 is 0. The van der Waals surface area contributed by atoms with Gasteiger partial charge in [0.15, 0.2) is 5.78 Å². The molecule has 2 heteroatoms. The van der Waals surface area contributed by atoms with Gasteiger partial charge in [0, 0.05) is 23.0 Å². The smallest absolute Gasteiger partial charge is 0.195 e. The van der Waals surface area contributed by atoms with Gasteiger partial charge in [0.2, 0.25) is 0 Å². The van der Waals surface area contributed by atoms with E-state index in [2.05, 4.69) is 5.32 Å². The van der Waals surface area contributed by atoms with Crippen LogP contribution in [-0.4, -0.2) is 5.78 Å². The molecule has 112 valence electrons. The van der Waals surface area contributed by atoms with Crippen LogP contribution in [0.15, 0.2) is 97.2 Å². The summed E-state index contributed by atoms with van der Waals surface area (Å²) in [6, 6.07) is 28.8. The fourth-order valence-electron chi connectivity index (χ4n) is 2.33. The molecule has 0 saturated heterocycles. The molecular weight excluding hydrogens is 282 g/mol. The summed E-state index contributed by atoms with van der Waals surface area (Å²) in [5, 5.41) is 3.21. The van der Waals surface area contributed by atoms with Crippen molar-refractivity contribution >= 4 is 17.0 Å². The Morgan fingerprint density at radius 3 is 1.70 bits per heavy atom. The van der Waals surface area contributed by atoms with Gasteiger partial charge in [-0.2, -0.15) is 0 Å². The zero-order chi connectivity index (χ0) is 15.9. The van der Waals surface area contributed by atoms with Crippen LogP contribution in [0.25, 0.3) is 5.57 Å². The summed E-state index contributed by atoms with van der Waals surface area (Å²) in [5.74, 6) is 0.000214. The molecule has 0 spiro atoms. The second kappa shape index (κ2) is 7.23. The summed E-state index contributed by atoms with van der Waals surface area (Å²) in [7, 11) is 0. The number of Topliss-reactive ketones (excluding diaryl/α,β-unsaturated/α-hetero) is 1. The van der Waals surface area contributed by atoms with Crippen LogP contribution >= 0.6 is 0 Å².